The third kappa shape index (κ3) is 6.17. The number of hydrogen-bond acceptors (Lipinski definition) is 6. The van der Waals surface area contributed by atoms with Crippen molar-refractivity contribution >= 4 is 17.8 Å². The molecule has 0 bridgehead atoms. The zero-order valence-corrected chi connectivity index (χ0v) is 18.6. The minimum atomic E-state index is -0.129. The van der Waals surface area contributed by atoms with Gasteiger partial charge in [-0.05, 0) is 36.8 Å². The fourth-order valence-electron chi connectivity index (χ4n) is 3.62. The van der Waals surface area contributed by atoms with Crippen LogP contribution in [0.1, 0.15) is 39.1 Å². The Kier molecular flexibility index (Phi) is 7.32. The highest BCUT2D eigenvalue weighted by Gasteiger charge is 2.24. The van der Waals surface area contributed by atoms with Crippen molar-refractivity contribution in [2.24, 2.45) is 0 Å². The number of carbonyl (C=O) groups is 2. The van der Waals surface area contributed by atoms with E-state index in [2.05, 4.69) is 34.3 Å². The van der Waals surface area contributed by atoms with Crippen molar-refractivity contribution in [2.45, 2.75) is 13.5 Å². The van der Waals surface area contributed by atoms with Gasteiger partial charge in [-0.1, -0.05) is 47.6 Å². The maximum atomic E-state index is 12.8. The van der Waals surface area contributed by atoms with Crippen molar-refractivity contribution in [1.29, 1.82) is 0 Å². The average Bonchev–Trinajstić information content (AvgIpc) is 3.33. The molecule has 0 aliphatic carbocycles. The molecule has 0 saturated carbocycles. The summed E-state index contributed by atoms with van der Waals surface area (Å²) in [6.07, 6.45) is 4.28. The van der Waals surface area contributed by atoms with E-state index in [4.69, 9.17) is 9.26 Å². The SMILES string of the molecule is CC(=O)c1ccc(OCc2cc(C(=O)N3CCN(C/C=C/c4ccccc4)CC3)no2)cc1. The summed E-state index contributed by atoms with van der Waals surface area (Å²) in [6, 6.07) is 18.7. The zero-order chi connectivity index (χ0) is 23.0. The van der Waals surface area contributed by atoms with E-state index >= 15 is 0 Å². The minimum absolute atomic E-state index is 0.00409. The highest BCUT2D eigenvalue weighted by molar-refractivity contribution is 5.94. The van der Waals surface area contributed by atoms with Gasteiger partial charge in [0, 0.05) is 44.4 Å². The Morgan fingerprint density at radius 1 is 1.03 bits per heavy atom. The molecule has 1 saturated heterocycles. The van der Waals surface area contributed by atoms with Crippen LogP contribution in [0.3, 0.4) is 0 Å². The predicted molar refractivity (Wildman–Crippen MR) is 125 cm³/mol. The maximum absolute atomic E-state index is 12.8. The molecule has 7 heteroatoms. The first kappa shape index (κ1) is 22.5. The topological polar surface area (TPSA) is 75.9 Å². The molecule has 1 aliphatic heterocycles. The molecule has 2 heterocycles. The van der Waals surface area contributed by atoms with Gasteiger partial charge in [0.2, 0.25) is 0 Å². The normalized spacial score (nSPS) is 14.5. The van der Waals surface area contributed by atoms with Gasteiger partial charge in [-0.25, -0.2) is 0 Å². The number of hydrogen-bond donors (Lipinski definition) is 0. The number of nitrogens with zero attached hydrogens (tertiary/aromatic N) is 3. The second-order valence-corrected chi connectivity index (χ2v) is 7.95. The van der Waals surface area contributed by atoms with Gasteiger partial charge in [-0.3, -0.25) is 14.5 Å². The summed E-state index contributed by atoms with van der Waals surface area (Å²) in [5, 5.41) is 3.93. The quantitative estimate of drug-likeness (QED) is 0.489. The van der Waals surface area contributed by atoms with Crippen LogP contribution < -0.4 is 4.74 Å². The lowest BCUT2D eigenvalue weighted by molar-refractivity contribution is 0.0639. The van der Waals surface area contributed by atoms with Gasteiger partial charge in [0.05, 0.1) is 0 Å². The summed E-state index contributed by atoms with van der Waals surface area (Å²) >= 11 is 0. The molecule has 0 radical (unpaired) electrons. The molecule has 1 aliphatic rings. The summed E-state index contributed by atoms with van der Waals surface area (Å²) in [5.41, 5.74) is 2.10. The maximum Gasteiger partial charge on any atom is 0.276 e. The van der Waals surface area contributed by atoms with Crippen molar-refractivity contribution in [2.75, 3.05) is 32.7 Å². The van der Waals surface area contributed by atoms with Crippen LogP contribution >= 0.6 is 0 Å². The van der Waals surface area contributed by atoms with Gasteiger partial charge in [0.25, 0.3) is 5.91 Å². The van der Waals surface area contributed by atoms with E-state index in [1.165, 1.54) is 12.5 Å². The van der Waals surface area contributed by atoms with E-state index in [-0.39, 0.29) is 24.0 Å². The average molecular weight is 446 g/mol. The van der Waals surface area contributed by atoms with Gasteiger partial charge in [-0.2, -0.15) is 0 Å². The summed E-state index contributed by atoms with van der Waals surface area (Å²) in [6.45, 7) is 5.46. The Hall–Kier alpha value is -3.71. The van der Waals surface area contributed by atoms with Crippen LogP contribution in [0.5, 0.6) is 5.75 Å². The van der Waals surface area contributed by atoms with Crippen LogP contribution in [0, 0.1) is 0 Å². The first-order valence-electron chi connectivity index (χ1n) is 11.0. The number of carbonyl (C=O) groups excluding carboxylic acids is 2. The molecule has 0 atom stereocenters. The number of ether oxygens (including phenoxy) is 1. The number of rotatable bonds is 8. The van der Waals surface area contributed by atoms with Crippen LogP contribution in [-0.2, 0) is 6.61 Å². The molecule has 1 fully saturated rings. The van der Waals surface area contributed by atoms with Gasteiger partial charge in [-0.15, -0.1) is 0 Å². The summed E-state index contributed by atoms with van der Waals surface area (Å²) in [4.78, 5) is 28.3. The monoisotopic (exact) mass is 445 g/mol. The Labute approximate surface area is 193 Å². The Morgan fingerprint density at radius 2 is 1.76 bits per heavy atom. The number of aromatic nitrogens is 1. The van der Waals surface area contributed by atoms with E-state index in [1.54, 1.807) is 35.2 Å². The zero-order valence-electron chi connectivity index (χ0n) is 18.6. The third-order valence-electron chi connectivity index (χ3n) is 5.55. The lowest BCUT2D eigenvalue weighted by atomic mass is 10.1. The highest BCUT2D eigenvalue weighted by atomic mass is 16.5. The van der Waals surface area contributed by atoms with Gasteiger partial charge in [0.1, 0.15) is 12.4 Å². The van der Waals surface area contributed by atoms with Crippen LogP contribution in [0.15, 0.2) is 71.3 Å². The highest BCUT2D eigenvalue weighted by Crippen LogP contribution is 2.16. The van der Waals surface area contributed by atoms with Crippen LogP contribution in [-0.4, -0.2) is 59.4 Å². The Bertz CT molecular complexity index is 1100. The van der Waals surface area contributed by atoms with E-state index in [0.717, 1.165) is 19.6 Å². The van der Waals surface area contributed by atoms with Crippen LogP contribution in [0.4, 0.5) is 0 Å². The molecular weight excluding hydrogens is 418 g/mol. The third-order valence-corrected chi connectivity index (χ3v) is 5.55. The predicted octanol–water partition coefficient (Wildman–Crippen LogP) is 3.93. The lowest BCUT2D eigenvalue weighted by Crippen LogP contribution is -2.48. The Morgan fingerprint density at radius 3 is 2.45 bits per heavy atom. The first-order valence-corrected chi connectivity index (χ1v) is 11.0. The fraction of sp³-hybridized carbons (Fsp3) is 0.269. The number of piperazine rings is 1. The number of ketones is 1. The second kappa shape index (κ2) is 10.7. The van der Waals surface area contributed by atoms with Crippen LogP contribution in [0.25, 0.3) is 6.08 Å². The largest absolute Gasteiger partial charge is 0.486 e. The number of Topliss-reactive ketones (excluding diaryl/α,β-unsaturated/α-hetero) is 1. The minimum Gasteiger partial charge on any atom is -0.486 e. The van der Waals surface area contributed by atoms with Crippen LogP contribution in [0.2, 0.25) is 0 Å². The lowest BCUT2D eigenvalue weighted by Gasteiger charge is -2.33. The molecule has 2 aromatic carbocycles. The van der Waals surface area contributed by atoms with Gasteiger partial charge in [0.15, 0.2) is 17.2 Å². The van der Waals surface area contributed by atoms with Gasteiger partial charge >= 0.3 is 0 Å². The molecule has 0 N–H and O–H groups in total. The van der Waals surface area contributed by atoms with Crippen molar-refractivity contribution in [3.05, 3.63) is 89.3 Å². The molecule has 7 nitrogen and oxygen atoms in total. The standard InChI is InChI=1S/C26H27N3O4/c1-20(30)22-9-11-23(12-10-22)32-19-24-18-25(27-33-24)26(31)29-16-14-28(15-17-29)13-5-8-21-6-3-2-4-7-21/h2-12,18H,13-17,19H2,1H3/b8-5+. The molecular formula is C26H27N3O4. The first-order chi connectivity index (χ1) is 16.1. The van der Waals surface area contributed by atoms with Crippen molar-refractivity contribution in [3.8, 4) is 5.75 Å². The molecule has 0 unspecified atom stereocenters. The second-order valence-electron chi connectivity index (χ2n) is 7.95. The smallest absolute Gasteiger partial charge is 0.276 e. The van der Waals surface area contributed by atoms with E-state index < -0.39 is 0 Å². The molecule has 1 amide bonds. The summed E-state index contributed by atoms with van der Waals surface area (Å²) in [7, 11) is 0. The number of amides is 1. The summed E-state index contributed by atoms with van der Waals surface area (Å²) < 4.78 is 10.9. The summed E-state index contributed by atoms with van der Waals surface area (Å²) in [5.74, 6) is 0.958. The van der Waals surface area contributed by atoms with Crippen molar-refractivity contribution in [3.63, 3.8) is 0 Å². The molecule has 1 aromatic heterocycles. The molecule has 33 heavy (non-hydrogen) atoms. The molecule has 170 valence electrons. The fourth-order valence-corrected chi connectivity index (χ4v) is 3.62. The molecule has 3 aromatic rings. The van der Waals surface area contributed by atoms with Crippen molar-refractivity contribution < 1.29 is 18.8 Å². The van der Waals surface area contributed by atoms with E-state index in [9.17, 15) is 9.59 Å². The molecule has 0 spiro atoms. The van der Waals surface area contributed by atoms with E-state index in [0.29, 0.717) is 30.2 Å². The van der Waals surface area contributed by atoms with Gasteiger partial charge < -0.3 is 14.2 Å². The van der Waals surface area contributed by atoms with E-state index in [1.807, 2.05) is 18.2 Å². The Balaban J connectivity index is 1.23. The number of benzene rings is 2. The molecule has 4 rings (SSSR count). The van der Waals surface area contributed by atoms with Crippen molar-refractivity contribution in [1.82, 2.24) is 15.0 Å².